The minimum Gasteiger partial charge on any atom is -0.307 e. The van der Waals surface area contributed by atoms with Gasteiger partial charge in [0.2, 0.25) is 5.13 Å². The van der Waals surface area contributed by atoms with E-state index in [0.29, 0.717) is 5.13 Å². The summed E-state index contributed by atoms with van der Waals surface area (Å²) in [6, 6.07) is 8.93. The molecule has 82 valence electrons. The fraction of sp³-hybridized carbons (Fsp3) is 0.111. The lowest BCUT2D eigenvalue weighted by Crippen LogP contribution is -2.31. The van der Waals surface area contributed by atoms with Crippen LogP contribution in [0.2, 0.25) is 0 Å². The third-order valence-corrected chi connectivity index (χ3v) is 2.58. The second-order valence-electron chi connectivity index (χ2n) is 3.00. The average Bonchev–Trinajstić information content (AvgIpc) is 2.83. The van der Waals surface area contributed by atoms with Gasteiger partial charge in [-0.25, -0.2) is 4.79 Å². The number of rotatable bonds is 2. The molecule has 2 aromatic rings. The number of anilines is 2. The normalized spacial score (nSPS) is 9.81. The van der Waals surface area contributed by atoms with E-state index in [4.69, 9.17) is 0 Å². The number of benzene rings is 1. The first-order chi connectivity index (χ1) is 7.77. The number of hydrogen-bond donors (Lipinski definition) is 1. The van der Waals surface area contributed by atoms with E-state index in [1.54, 1.807) is 7.05 Å². The molecule has 1 N–H and O–H groups in total. The molecule has 0 saturated heterocycles. The Balaban J connectivity index is 2.04. The van der Waals surface area contributed by atoms with Crippen molar-refractivity contribution in [2.24, 2.45) is 0 Å². The molecular formula is C9H9N5OS. The molecular weight excluding hydrogens is 226 g/mol. The molecule has 1 aromatic carbocycles. The maximum absolute atomic E-state index is 11.7. The smallest absolute Gasteiger partial charge is 0.307 e. The first kappa shape index (κ1) is 10.5. The molecule has 6 nitrogen and oxygen atoms in total. The molecule has 7 heteroatoms. The molecule has 0 spiro atoms. The predicted molar refractivity (Wildman–Crippen MR) is 61.6 cm³/mol. The Morgan fingerprint density at radius 3 is 2.75 bits per heavy atom. The number of nitrogens with one attached hydrogen (secondary N) is 1. The zero-order valence-electron chi connectivity index (χ0n) is 8.49. The lowest BCUT2D eigenvalue weighted by Gasteiger charge is -2.13. The number of urea groups is 1. The molecule has 2 amide bonds. The van der Waals surface area contributed by atoms with Gasteiger partial charge in [-0.1, -0.05) is 27.8 Å². The van der Waals surface area contributed by atoms with Crippen LogP contribution in [0.3, 0.4) is 0 Å². The molecule has 0 aliphatic carbocycles. The van der Waals surface area contributed by atoms with Gasteiger partial charge in [-0.2, -0.15) is 0 Å². The molecule has 1 aromatic heterocycles. The average molecular weight is 235 g/mol. The Hall–Kier alpha value is -2.02. The molecule has 16 heavy (non-hydrogen) atoms. The van der Waals surface area contributed by atoms with Crippen molar-refractivity contribution >= 4 is 28.4 Å². The van der Waals surface area contributed by atoms with Gasteiger partial charge in [0.05, 0.1) is 0 Å². The SMILES string of the molecule is CN(C(=O)Nc1ccccc1)c1nnns1. The maximum atomic E-state index is 11.7. The van der Waals surface area contributed by atoms with Crippen LogP contribution in [0, 0.1) is 0 Å². The quantitative estimate of drug-likeness (QED) is 0.858. The second-order valence-corrected chi connectivity index (χ2v) is 3.71. The van der Waals surface area contributed by atoms with Gasteiger partial charge in [0.25, 0.3) is 0 Å². The van der Waals surface area contributed by atoms with Crippen LogP contribution in [-0.2, 0) is 0 Å². The first-order valence-electron chi connectivity index (χ1n) is 4.52. The summed E-state index contributed by atoms with van der Waals surface area (Å²) in [6.07, 6.45) is 0. The second kappa shape index (κ2) is 4.67. The number of carbonyl (C=O) groups is 1. The number of aromatic nitrogens is 3. The van der Waals surface area contributed by atoms with Crippen LogP contribution in [0.15, 0.2) is 30.3 Å². The zero-order chi connectivity index (χ0) is 11.4. The van der Waals surface area contributed by atoms with E-state index in [0.717, 1.165) is 17.2 Å². The lowest BCUT2D eigenvalue weighted by atomic mass is 10.3. The fourth-order valence-corrected chi connectivity index (χ4v) is 1.50. The van der Waals surface area contributed by atoms with E-state index < -0.39 is 0 Å². The Morgan fingerprint density at radius 1 is 1.38 bits per heavy atom. The monoisotopic (exact) mass is 235 g/mol. The standard InChI is InChI=1S/C9H9N5OS/c1-14(9-11-12-13-16-9)8(15)10-7-5-3-2-4-6-7/h2-6H,1H3,(H,10,15). The Morgan fingerprint density at radius 2 is 2.12 bits per heavy atom. The van der Waals surface area contributed by atoms with E-state index in [-0.39, 0.29) is 6.03 Å². The van der Waals surface area contributed by atoms with Crippen LogP contribution >= 0.6 is 11.5 Å². The van der Waals surface area contributed by atoms with Gasteiger partial charge in [-0.05, 0) is 17.3 Å². The van der Waals surface area contributed by atoms with Crippen molar-refractivity contribution < 1.29 is 4.79 Å². The zero-order valence-corrected chi connectivity index (χ0v) is 9.31. The topological polar surface area (TPSA) is 71.0 Å². The van der Waals surface area contributed by atoms with Crippen LogP contribution in [0.1, 0.15) is 0 Å². The largest absolute Gasteiger partial charge is 0.327 e. The van der Waals surface area contributed by atoms with E-state index in [1.165, 1.54) is 4.90 Å². The van der Waals surface area contributed by atoms with Crippen molar-refractivity contribution in [3.8, 4) is 0 Å². The van der Waals surface area contributed by atoms with Crippen molar-refractivity contribution in [3.63, 3.8) is 0 Å². The van der Waals surface area contributed by atoms with Crippen LogP contribution in [-0.4, -0.2) is 27.9 Å². The number of carbonyl (C=O) groups excluding carboxylic acids is 1. The Labute approximate surface area is 96.1 Å². The molecule has 0 saturated carbocycles. The molecule has 0 bridgehead atoms. The highest BCUT2D eigenvalue weighted by Gasteiger charge is 2.13. The van der Waals surface area contributed by atoms with E-state index in [2.05, 4.69) is 20.1 Å². The third kappa shape index (κ3) is 2.31. The van der Waals surface area contributed by atoms with Crippen molar-refractivity contribution in [1.82, 2.24) is 14.8 Å². The highest BCUT2D eigenvalue weighted by Crippen LogP contribution is 2.13. The number of hydrogen-bond acceptors (Lipinski definition) is 5. The summed E-state index contributed by atoms with van der Waals surface area (Å²) >= 11 is 1.06. The summed E-state index contributed by atoms with van der Waals surface area (Å²) in [5.41, 5.74) is 0.733. The number of para-hydroxylation sites is 1. The van der Waals surface area contributed by atoms with Crippen molar-refractivity contribution in [2.75, 3.05) is 17.3 Å². The van der Waals surface area contributed by atoms with Gasteiger partial charge in [0.15, 0.2) is 0 Å². The van der Waals surface area contributed by atoms with Crippen LogP contribution in [0.5, 0.6) is 0 Å². The molecule has 0 atom stereocenters. The fourth-order valence-electron chi connectivity index (χ4n) is 1.07. The van der Waals surface area contributed by atoms with Gasteiger partial charge >= 0.3 is 6.03 Å². The summed E-state index contributed by atoms with van der Waals surface area (Å²) in [4.78, 5) is 13.1. The van der Waals surface area contributed by atoms with E-state index in [9.17, 15) is 4.79 Å². The van der Waals surface area contributed by atoms with Crippen molar-refractivity contribution in [3.05, 3.63) is 30.3 Å². The molecule has 0 radical (unpaired) electrons. The summed E-state index contributed by atoms with van der Waals surface area (Å²) < 4.78 is 3.59. The summed E-state index contributed by atoms with van der Waals surface area (Å²) in [6.45, 7) is 0. The summed E-state index contributed by atoms with van der Waals surface area (Å²) in [7, 11) is 1.61. The Bertz CT molecular complexity index is 458. The summed E-state index contributed by atoms with van der Waals surface area (Å²) in [5.74, 6) is 0. The van der Waals surface area contributed by atoms with E-state index in [1.807, 2.05) is 30.3 Å². The van der Waals surface area contributed by atoms with E-state index >= 15 is 0 Å². The van der Waals surface area contributed by atoms with Gasteiger partial charge < -0.3 is 5.32 Å². The van der Waals surface area contributed by atoms with Gasteiger partial charge in [-0.3, -0.25) is 4.90 Å². The van der Waals surface area contributed by atoms with Crippen molar-refractivity contribution in [2.45, 2.75) is 0 Å². The lowest BCUT2D eigenvalue weighted by molar-refractivity contribution is 0.258. The van der Waals surface area contributed by atoms with Crippen LogP contribution in [0.4, 0.5) is 15.6 Å². The minimum atomic E-state index is -0.273. The molecule has 0 aliphatic heterocycles. The maximum Gasteiger partial charge on any atom is 0.327 e. The highest BCUT2D eigenvalue weighted by molar-refractivity contribution is 7.09. The van der Waals surface area contributed by atoms with Gasteiger partial charge in [0.1, 0.15) is 0 Å². The minimum absolute atomic E-state index is 0.273. The third-order valence-electron chi connectivity index (χ3n) is 1.91. The summed E-state index contributed by atoms with van der Waals surface area (Å²) in [5, 5.41) is 10.3. The van der Waals surface area contributed by atoms with Gasteiger partial charge in [-0.15, -0.1) is 0 Å². The molecule has 0 fully saturated rings. The molecule has 1 heterocycles. The Kier molecular flexibility index (Phi) is 3.06. The molecule has 0 aliphatic rings. The molecule has 0 unspecified atom stereocenters. The van der Waals surface area contributed by atoms with Crippen molar-refractivity contribution in [1.29, 1.82) is 0 Å². The van der Waals surface area contributed by atoms with Crippen LogP contribution in [0.25, 0.3) is 0 Å². The van der Waals surface area contributed by atoms with Gasteiger partial charge in [0, 0.05) is 24.3 Å². The highest BCUT2D eigenvalue weighted by atomic mass is 32.1. The number of nitrogens with zero attached hydrogens (tertiary/aromatic N) is 4. The first-order valence-corrected chi connectivity index (χ1v) is 5.29. The number of amides is 2. The van der Waals surface area contributed by atoms with Crippen LogP contribution < -0.4 is 10.2 Å². The molecule has 2 rings (SSSR count). The predicted octanol–water partition coefficient (Wildman–Crippen LogP) is 1.60.